The summed E-state index contributed by atoms with van der Waals surface area (Å²) < 4.78 is 6.66. The van der Waals surface area contributed by atoms with Gasteiger partial charge in [-0.15, -0.1) is 5.10 Å². The molecule has 0 unspecified atom stereocenters. The molecular weight excluding hydrogens is 438 g/mol. The molecule has 0 saturated heterocycles. The van der Waals surface area contributed by atoms with Crippen LogP contribution in [0, 0.1) is 0 Å². The summed E-state index contributed by atoms with van der Waals surface area (Å²) in [4.78, 5) is 4.18. The molecule has 122 valence electrons. The van der Waals surface area contributed by atoms with Crippen LogP contribution in [0.25, 0.3) is 11.3 Å². The van der Waals surface area contributed by atoms with Crippen LogP contribution in [0.15, 0.2) is 57.6 Å². The van der Waals surface area contributed by atoms with Gasteiger partial charge in [0.05, 0.1) is 21.7 Å². The van der Waals surface area contributed by atoms with Gasteiger partial charge in [0.2, 0.25) is 0 Å². The van der Waals surface area contributed by atoms with E-state index in [2.05, 4.69) is 47.0 Å². The van der Waals surface area contributed by atoms with E-state index < -0.39 is 0 Å². The summed E-state index contributed by atoms with van der Waals surface area (Å²) in [6.07, 6.45) is 2.37. The molecule has 0 fully saturated rings. The minimum absolute atomic E-state index is 0.139. The highest BCUT2D eigenvalue weighted by atomic mass is 79.9. The maximum absolute atomic E-state index is 9.75. The molecule has 0 radical (unpaired) electrons. The number of hydrogen-bond donors (Lipinski definition) is 1. The number of phenolic OH excluding ortho intramolecular Hbond substituents is 1. The van der Waals surface area contributed by atoms with Crippen molar-refractivity contribution in [3.8, 4) is 23.0 Å². The average Bonchev–Trinajstić information content (AvgIpc) is 2.61. The maximum atomic E-state index is 9.75. The molecule has 7 heteroatoms. The molecule has 1 N–H and O–H groups in total. The van der Waals surface area contributed by atoms with E-state index in [9.17, 15) is 5.11 Å². The Hall–Kier alpha value is -1.99. The number of phenols is 1. The van der Waals surface area contributed by atoms with Crippen molar-refractivity contribution in [2.24, 2.45) is 0 Å². The number of nitrogens with zero attached hydrogens (tertiary/aromatic N) is 3. The van der Waals surface area contributed by atoms with Crippen LogP contribution in [0.1, 0.15) is 5.56 Å². The van der Waals surface area contributed by atoms with Gasteiger partial charge < -0.3 is 9.84 Å². The smallest absolute Gasteiger partial charge is 0.335 e. The first-order valence-electron chi connectivity index (χ1n) is 7.18. The van der Waals surface area contributed by atoms with Crippen molar-refractivity contribution in [1.82, 2.24) is 15.2 Å². The van der Waals surface area contributed by atoms with E-state index in [1.807, 2.05) is 30.3 Å². The zero-order valence-corrected chi connectivity index (χ0v) is 15.7. The van der Waals surface area contributed by atoms with Crippen LogP contribution in [0.4, 0.5) is 0 Å². The fourth-order valence-corrected chi connectivity index (χ4v) is 3.27. The first-order valence-corrected chi connectivity index (χ1v) is 8.77. The molecule has 0 atom stereocenters. The second-order valence-corrected chi connectivity index (χ2v) is 6.71. The van der Waals surface area contributed by atoms with Gasteiger partial charge in [-0.25, -0.2) is 4.98 Å². The molecular formula is C17H13Br2N3O2. The highest BCUT2D eigenvalue weighted by Gasteiger charge is 2.10. The minimum Gasteiger partial charge on any atom is -0.506 e. The Balaban J connectivity index is 1.65. The SMILES string of the molecule is Oc1c(Br)cc(-c2cnc(OCCc3ccccc3)nn2)cc1Br. The third-order valence-electron chi connectivity index (χ3n) is 3.32. The third kappa shape index (κ3) is 4.10. The maximum Gasteiger partial charge on any atom is 0.335 e. The Morgan fingerprint density at radius 3 is 2.33 bits per heavy atom. The number of rotatable bonds is 5. The first-order chi connectivity index (χ1) is 11.6. The summed E-state index contributed by atoms with van der Waals surface area (Å²) in [5.74, 6) is 0.139. The van der Waals surface area contributed by atoms with Crippen LogP contribution in [-0.4, -0.2) is 26.9 Å². The highest BCUT2D eigenvalue weighted by molar-refractivity contribution is 9.11. The molecule has 0 saturated carbocycles. The first kappa shape index (κ1) is 16.9. The van der Waals surface area contributed by atoms with Gasteiger partial charge in [0.25, 0.3) is 0 Å². The van der Waals surface area contributed by atoms with Crippen molar-refractivity contribution in [3.63, 3.8) is 0 Å². The van der Waals surface area contributed by atoms with Crippen LogP contribution in [0.3, 0.4) is 0 Å². The summed E-state index contributed by atoms with van der Waals surface area (Å²) >= 11 is 6.58. The molecule has 2 aromatic carbocycles. The molecule has 0 spiro atoms. The monoisotopic (exact) mass is 449 g/mol. The van der Waals surface area contributed by atoms with E-state index in [0.29, 0.717) is 21.2 Å². The molecule has 5 nitrogen and oxygen atoms in total. The summed E-state index contributed by atoms with van der Waals surface area (Å²) in [7, 11) is 0. The van der Waals surface area contributed by atoms with Crippen molar-refractivity contribution in [2.45, 2.75) is 6.42 Å². The molecule has 1 heterocycles. The summed E-state index contributed by atoms with van der Waals surface area (Å²) in [5.41, 5.74) is 2.56. The predicted molar refractivity (Wildman–Crippen MR) is 98.0 cm³/mol. The Labute approximate surface area is 156 Å². The van der Waals surface area contributed by atoms with E-state index in [1.54, 1.807) is 18.3 Å². The molecule has 0 bridgehead atoms. The quantitative estimate of drug-likeness (QED) is 0.624. The fraction of sp³-hybridized carbons (Fsp3) is 0.118. The van der Waals surface area contributed by atoms with E-state index in [4.69, 9.17) is 4.74 Å². The molecule has 0 aliphatic heterocycles. The third-order valence-corrected chi connectivity index (χ3v) is 4.53. The summed E-state index contributed by atoms with van der Waals surface area (Å²) in [6.45, 7) is 0.487. The van der Waals surface area contributed by atoms with Gasteiger partial charge in [0, 0.05) is 12.0 Å². The number of ether oxygens (including phenoxy) is 1. The zero-order valence-electron chi connectivity index (χ0n) is 12.5. The van der Waals surface area contributed by atoms with Crippen molar-refractivity contribution in [2.75, 3.05) is 6.61 Å². The Kier molecular flexibility index (Phi) is 5.42. The zero-order chi connectivity index (χ0) is 16.9. The summed E-state index contributed by atoms with van der Waals surface area (Å²) in [5, 5.41) is 17.9. The fourth-order valence-electron chi connectivity index (χ4n) is 2.08. The number of aromatic hydroxyl groups is 1. The lowest BCUT2D eigenvalue weighted by molar-refractivity contribution is 0.292. The lowest BCUT2D eigenvalue weighted by Gasteiger charge is -2.06. The van der Waals surface area contributed by atoms with E-state index in [1.165, 1.54) is 5.56 Å². The number of halogens is 2. The molecule has 0 amide bonds. The Morgan fingerprint density at radius 1 is 1.00 bits per heavy atom. The van der Waals surface area contributed by atoms with E-state index in [-0.39, 0.29) is 11.8 Å². The van der Waals surface area contributed by atoms with Crippen molar-refractivity contribution in [3.05, 3.63) is 63.2 Å². The van der Waals surface area contributed by atoms with Crippen LogP contribution in [0.5, 0.6) is 11.8 Å². The standard InChI is InChI=1S/C17H13Br2N3O2/c18-13-8-12(9-14(19)16(13)23)15-10-20-17(22-21-15)24-7-6-11-4-2-1-3-5-11/h1-5,8-10,23H,6-7H2. The second-order valence-electron chi connectivity index (χ2n) is 5.00. The van der Waals surface area contributed by atoms with Crippen molar-refractivity contribution in [1.29, 1.82) is 0 Å². The molecule has 0 aliphatic carbocycles. The van der Waals surface area contributed by atoms with Gasteiger partial charge in [0.15, 0.2) is 0 Å². The van der Waals surface area contributed by atoms with Crippen LogP contribution in [-0.2, 0) is 6.42 Å². The minimum atomic E-state index is 0.139. The van der Waals surface area contributed by atoms with Crippen LogP contribution in [0.2, 0.25) is 0 Å². The molecule has 3 aromatic rings. The van der Waals surface area contributed by atoms with Gasteiger partial charge in [-0.3, -0.25) is 0 Å². The summed E-state index contributed by atoms with van der Waals surface area (Å²) in [6, 6.07) is 13.8. The molecule has 3 rings (SSSR count). The van der Waals surface area contributed by atoms with E-state index in [0.717, 1.165) is 12.0 Å². The second kappa shape index (κ2) is 7.72. The number of hydrogen-bond acceptors (Lipinski definition) is 5. The number of benzene rings is 2. The lowest BCUT2D eigenvalue weighted by atomic mass is 10.1. The van der Waals surface area contributed by atoms with Gasteiger partial charge in [0.1, 0.15) is 11.4 Å². The largest absolute Gasteiger partial charge is 0.506 e. The van der Waals surface area contributed by atoms with Gasteiger partial charge in [-0.05, 0) is 49.6 Å². The van der Waals surface area contributed by atoms with Crippen molar-refractivity contribution >= 4 is 31.9 Å². The Bertz CT molecular complexity index is 804. The molecule has 24 heavy (non-hydrogen) atoms. The molecule has 0 aliphatic rings. The number of aromatic nitrogens is 3. The van der Waals surface area contributed by atoms with E-state index >= 15 is 0 Å². The van der Waals surface area contributed by atoms with Gasteiger partial charge >= 0.3 is 6.01 Å². The topological polar surface area (TPSA) is 68.1 Å². The van der Waals surface area contributed by atoms with Crippen LogP contribution >= 0.6 is 31.9 Å². The van der Waals surface area contributed by atoms with Gasteiger partial charge in [-0.1, -0.05) is 35.4 Å². The molecule has 1 aromatic heterocycles. The van der Waals surface area contributed by atoms with Crippen LogP contribution < -0.4 is 4.74 Å². The highest BCUT2D eigenvalue weighted by Crippen LogP contribution is 2.36. The average molecular weight is 451 g/mol. The predicted octanol–water partition coefficient (Wildman–Crippen LogP) is 4.39. The normalized spacial score (nSPS) is 10.6. The Morgan fingerprint density at radius 2 is 1.71 bits per heavy atom. The van der Waals surface area contributed by atoms with Crippen molar-refractivity contribution < 1.29 is 9.84 Å². The lowest BCUT2D eigenvalue weighted by Crippen LogP contribution is -2.05. The van der Waals surface area contributed by atoms with Gasteiger partial charge in [-0.2, -0.15) is 0 Å².